The lowest BCUT2D eigenvalue weighted by atomic mass is 9.98. The van der Waals surface area contributed by atoms with Crippen molar-refractivity contribution in [2.24, 2.45) is 11.7 Å². The van der Waals surface area contributed by atoms with Crippen LogP contribution in [0, 0.1) is 5.92 Å². The number of piperidine rings is 1. The molecule has 1 aromatic heterocycles. The van der Waals surface area contributed by atoms with E-state index in [2.05, 4.69) is 0 Å². The van der Waals surface area contributed by atoms with Gasteiger partial charge in [-0.2, -0.15) is 0 Å². The number of nitrogens with two attached hydrogens (primary N) is 1. The second-order valence-corrected chi connectivity index (χ2v) is 6.20. The maximum Gasteiger partial charge on any atom is 0.240 e. The Hall–Kier alpha value is -2.31. The largest absolute Gasteiger partial charge is 0.467 e. The molecule has 7 nitrogen and oxygen atoms in total. The number of carbonyl (C=O) groups is 3. The number of nitrogens with zero attached hydrogens (tertiary/aromatic N) is 2. The van der Waals surface area contributed by atoms with Crippen molar-refractivity contribution < 1.29 is 18.8 Å². The van der Waals surface area contributed by atoms with Crippen molar-refractivity contribution in [1.82, 2.24) is 9.80 Å². The third kappa shape index (κ3) is 3.23. The highest BCUT2D eigenvalue weighted by atomic mass is 16.3. The van der Waals surface area contributed by atoms with Gasteiger partial charge in [-0.25, -0.2) is 0 Å². The lowest BCUT2D eigenvalue weighted by Gasteiger charge is -2.35. The molecule has 2 unspecified atom stereocenters. The molecule has 124 valence electrons. The Morgan fingerprint density at radius 1 is 1.35 bits per heavy atom. The molecule has 3 rings (SSSR count). The van der Waals surface area contributed by atoms with E-state index < -0.39 is 17.9 Å². The van der Waals surface area contributed by atoms with Gasteiger partial charge in [0.15, 0.2) is 0 Å². The third-order valence-electron chi connectivity index (χ3n) is 4.60. The highest BCUT2D eigenvalue weighted by molar-refractivity contribution is 5.92. The quantitative estimate of drug-likeness (QED) is 0.873. The van der Waals surface area contributed by atoms with Crippen LogP contribution in [0.25, 0.3) is 0 Å². The Morgan fingerprint density at radius 3 is 2.87 bits per heavy atom. The fourth-order valence-corrected chi connectivity index (χ4v) is 3.41. The van der Waals surface area contributed by atoms with Crippen LogP contribution in [0.2, 0.25) is 0 Å². The standard InChI is InChI=1S/C16H21N3O4/c17-15(21)13-5-1-2-6-19(13)16(22)11-8-14(20)18(9-11)10-12-4-3-7-23-12/h3-4,7,11,13H,1-2,5-6,8-10H2,(H2,17,21). The monoisotopic (exact) mass is 319 g/mol. The van der Waals surface area contributed by atoms with Gasteiger partial charge in [0, 0.05) is 19.5 Å². The van der Waals surface area contributed by atoms with Gasteiger partial charge in [0.05, 0.1) is 18.7 Å². The molecule has 3 amide bonds. The van der Waals surface area contributed by atoms with Gasteiger partial charge in [-0.3, -0.25) is 14.4 Å². The van der Waals surface area contributed by atoms with E-state index in [0.717, 1.165) is 12.8 Å². The topological polar surface area (TPSA) is 96.8 Å². The average molecular weight is 319 g/mol. The number of rotatable bonds is 4. The Bertz CT molecular complexity index is 598. The Morgan fingerprint density at radius 2 is 2.17 bits per heavy atom. The summed E-state index contributed by atoms with van der Waals surface area (Å²) in [6, 6.07) is 3.03. The number of furan rings is 1. The van der Waals surface area contributed by atoms with Crippen molar-refractivity contribution in [2.75, 3.05) is 13.1 Å². The molecule has 0 bridgehead atoms. The second-order valence-electron chi connectivity index (χ2n) is 6.20. The van der Waals surface area contributed by atoms with Crippen LogP contribution in [0.3, 0.4) is 0 Å². The third-order valence-corrected chi connectivity index (χ3v) is 4.60. The van der Waals surface area contributed by atoms with E-state index in [1.54, 1.807) is 28.2 Å². The first-order valence-corrected chi connectivity index (χ1v) is 7.96. The first-order valence-electron chi connectivity index (χ1n) is 7.96. The van der Waals surface area contributed by atoms with Crippen molar-refractivity contribution in [3.8, 4) is 0 Å². The van der Waals surface area contributed by atoms with Gasteiger partial charge in [0.1, 0.15) is 11.8 Å². The molecule has 2 N–H and O–H groups in total. The van der Waals surface area contributed by atoms with Crippen LogP contribution in [-0.2, 0) is 20.9 Å². The molecule has 2 saturated heterocycles. The van der Waals surface area contributed by atoms with Gasteiger partial charge in [0.25, 0.3) is 0 Å². The molecule has 0 aliphatic carbocycles. The summed E-state index contributed by atoms with van der Waals surface area (Å²) in [5.74, 6) is -0.372. The van der Waals surface area contributed by atoms with Crippen LogP contribution >= 0.6 is 0 Å². The molecular formula is C16H21N3O4. The summed E-state index contributed by atoms with van der Waals surface area (Å²) < 4.78 is 5.25. The molecule has 0 radical (unpaired) electrons. The van der Waals surface area contributed by atoms with Gasteiger partial charge in [-0.05, 0) is 31.4 Å². The number of hydrogen-bond acceptors (Lipinski definition) is 4. The minimum atomic E-state index is -0.537. The zero-order chi connectivity index (χ0) is 16.4. The normalized spacial score (nSPS) is 25.0. The lowest BCUT2D eigenvalue weighted by molar-refractivity contribution is -0.144. The number of amides is 3. The van der Waals surface area contributed by atoms with E-state index in [4.69, 9.17) is 10.2 Å². The van der Waals surface area contributed by atoms with E-state index in [0.29, 0.717) is 31.8 Å². The van der Waals surface area contributed by atoms with Crippen LogP contribution in [0.4, 0.5) is 0 Å². The Kier molecular flexibility index (Phi) is 4.36. The molecule has 2 fully saturated rings. The predicted molar refractivity (Wildman–Crippen MR) is 80.8 cm³/mol. The van der Waals surface area contributed by atoms with E-state index in [-0.39, 0.29) is 18.2 Å². The summed E-state index contributed by atoms with van der Waals surface area (Å²) in [6.07, 6.45) is 4.11. The second kappa shape index (κ2) is 6.44. The zero-order valence-electron chi connectivity index (χ0n) is 12.9. The van der Waals surface area contributed by atoms with Crippen LogP contribution in [0.5, 0.6) is 0 Å². The van der Waals surface area contributed by atoms with Gasteiger partial charge >= 0.3 is 0 Å². The molecule has 1 aromatic rings. The lowest BCUT2D eigenvalue weighted by Crippen LogP contribution is -2.52. The number of carbonyl (C=O) groups excluding carboxylic acids is 3. The minimum absolute atomic E-state index is 0.0626. The fraction of sp³-hybridized carbons (Fsp3) is 0.562. The molecule has 2 aliphatic heterocycles. The smallest absolute Gasteiger partial charge is 0.240 e. The average Bonchev–Trinajstić information content (AvgIpc) is 3.17. The summed E-state index contributed by atoms with van der Waals surface area (Å²) in [7, 11) is 0. The molecule has 3 heterocycles. The van der Waals surface area contributed by atoms with Crippen LogP contribution in [0.15, 0.2) is 22.8 Å². The first-order chi connectivity index (χ1) is 11.1. The van der Waals surface area contributed by atoms with Gasteiger partial charge in [0.2, 0.25) is 17.7 Å². The minimum Gasteiger partial charge on any atom is -0.467 e. The molecule has 23 heavy (non-hydrogen) atoms. The summed E-state index contributed by atoms with van der Waals surface area (Å²) >= 11 is 0. The summed E-state index contributed by atoms with van der Waals surface area (Å²) in [6.45, 7) is 1.27. The summed E-state index contributed by atoms with van der Waals surface area (Å²) in [5, 5.41) is 0. The van der Waals surface area contributed by atoms with Crippen molar-refractivity contribution in [3.05, 3.63) is 24.2 Å². The number of hydrogen-bond donors (Lipinski definition) is 1. The molecule has 0 saturated carbocycles. The van der Waals surface area contributed by atoms with Crippen molar-refractivity contribution in [1.29, 1.82) is 0 Å². The molecular weight excluding hydrogens is 298 g/mol. The molecule has 0 aromatic carbocycles. The van der Waals surface area contributed by atoms with E-state index in [1.807, 2.05) is 0 Å². The number of likely N-dealkylation sites (tertiary alicyclic amines) is 2. The highest BCUT2D eigenvalue weighted by Gasteiger charge is 2.40. The zero-order valence-corrected chi connectivity index (χ0v) is 12.9. The Labute approximate surface area is 134 Å². The maximum atomic E-state index is 12.7. The molecule has 2 aliphatic rings. The van der Waals surface area contributed by atoms with Gasteiger partial charge < -0.3 is 20.0 Å². The summed E-state index contributed by atoms with van der Waals surface area (Å²) in [5.41, 5.74) is 5.42. The maximum absolute atomic E-state index is 12.7. The van der Waals surface area contributed by atoms with Crippen molar-refractivity contribution in [2.45, 2.75) is 38.3 Å². The molecule has 2 atom stereocenters. The van der Waals surface area contributed by atoms with Crippen LogP contribution in [0.1, 0.15) is 31.4 Å². The van der Waals surface area contributed by atoms with Gasteiger partial charge in [-0.1, -0.05) is 0 Å². The van der Waals surface area contributed by atoms with Crippen LogP contribution in [-0.4, -0.2) is 46.7 Å². The highest BCUT2D eigenvalue weighted by Crippen LogP contribution is 2.26. The van der Waals surface area contributed by atoms with E-state index in [1.165, 1.54) is 0 Å². The fourth-order valence-electron chi connectivity index (χ4n) is 3.41. The summed E-state index contributed by atoms with van der Waals surface area (Å²) in [4.78, 5) is 39.6. The number of primary amides is 1. The van der Waals surface area contributed by atoms with E-state index in [9.17, 15) is 14.4 Å². The Balaban J connectivity index is 1.66. The SMILES string of the molecule is NC(=O)C1CCCCN1C(=O)C1CC(=O)N(Cc2ccco2)C1. The van der Waals surface area contributed by atoms with Gasteiger partial charge in [-0.15, -0.1) is 0 Å². The predicted octanol–water partition coefficient (Wildman–Crippen LogP) is 0.494. The first kappa shape index (κ1) is 15.6. The van der Waals surface area contributed by atoms with E-state index >= 15 is 0 Å². The van der Waals surface area contributed by atoms with Crippen LogP contribution < -0.4 is 5.73 Å². The molecule has 7 heteroatoms. The van der Waals surface area contributed by atoms with Crippen molar-refractivity contribution in [3.63, 3.8) is 0 Å². The molecule has 0 spiro atoms. The van der Waals surface area contributed by atoms with Crippen molar-refractivity contribution >= 4 is 17.7 Å².